The maximum Gasteiger partial charge on any atom is 0.322 e. The van der Waals surface area contributed by atoms with Gasteiger partial charge in [0.05, 0.1) is 0 Å². The van der Waals surface area contributed by atoms with Crippen molar-refractivity contribution in [1.82, 2.24) is 10.1 Å². The average Bonchev–Trinajstić information content (AvgIpc) is 3.06. The van der Waals surface area contributed by atoms with E-state index in [1.54, 1.807) is 24.8 Å². The van der Waals surface area contributed by atoms with Gasteiger partial charge in [-0.15, -0.1) is 11.8 Å². The highest BCUT2D eigenvalue weighted by Crippen LogP contribution is 2.18. The number of carbonyl (C=O) groups is 2. The Morgan fingerprint density at radius 2 is 1.93 bits per heavy atom. The minimum atomic E-state index is -0.312. The van der Waals surface area contributed by atoms with Crippen LogP contribution in [0.25, 0.3) is 0 Å². The molecule has 0 saturated carbocycles. The van der Waals surface area contributed by atoms with Gasteiger partial charge in [-0.2, -0.15) is 0 Å². The van der Waals surface area contributed by atoms with Crippen LogP contribution >= 0.6 is 11.8 Å². The van der Waals surface area contributed by atoms with Crippen LogP contribution in [0, 0.1) is 6.92 Å². The molecule has 0 unspecified atom stereocenters. The van der Waals surface area contributed by atoms with E-state index in [1.807, 2.05) is 30.5 Å². The molecule has 8 heteroatoms. The third-order valence-electron chi connectivity index (χ3n) is 3.89. The third kappa shape index (κ3) is 6.97. The third-order valence-corrected chi connectivity index (χ3v) is 4.63. The Labute approximate surface area is 163 Å². The van der Waals surface area contributed by atoms with Crippen molar-refractivity contribution in [3.8, 4) is 0 Å². The number of anilines is 2. The standard InChI is InChI=1S/C19H26N4O3S/c1-4-5-6-11-23(13-18(24)21-17-12-14(2)26-22-17)19(25)20-15-7-9-16(27-3)10-8-15/h7-10,12H,4-6,11,13H2,1-3H3,(H,20,25)(H,21,22,24). The molecule has 0 radical (unpaired) electrons. The second-order valence-corrected chi connectivity index (χ2v) is 7.04. The van der Waals surface area contributed by atoms with Gasteiger partial charge in [-0.1, -0.05) is 24.9 Å². The fourth-order valence-corrected chi connectivity index (χ4v) is 2.87. The molecule has 1 heterocycles. The molecule has 0 aliphatic heterocycles. The smallest absolute Gasteiger partial charge is 0.322 e. The first-order chi connectivity index (χ1) is 13.0. The molecule has 2 aromatic rings. The molecular weight excluding hydrogens is 364 g/mol. The van der Waals surface area contributed by atoms with Crippen molar-refractivity contribution >= 4 is 35.2 Å². The predicted octanol–water partition coefficient (Wildman–Crippen LogP) is 4.37. The summed E-state index contributed by atoms with van der Waals surface area (Å²) in [5, 5.41) is 9.25. The lowest BCUT2D eigenvalue weighted by molar-refractivity contribution is -0.116. The number of urea groups is 1. The van der Waals surface area contributed by atoms with E-state index in [-0.39, 0.29) is 18.5 Å². The minimum absolute atomic E-state index is 0.0512. The van der Waals surface area contributed by atoms with Gasteiger partial charge in [-0.3, -0.25) is 4.79 Å². The molecule has 0 spiro atoms. The van der Waals surface area contributed by atoms with E-state index in [4.69, 9.17) is 4.52 Å². The summed E-state index contributed by atoms with van der Waals surface area (Å²) in [6, 6.07) is 8.93. The lowest BCUT2D eigenvalue weighted by Gasteiger charge is -2.22. The van der Waals surface area contributed by atoms with Crippen LogP contribution in [0.3, 0.4) is 0 Å². The Bertz CT molecular complexity index is 746. The van der Waals surface area contributed by atoms with Gasteiger partial charge in [-0.25, -0.2) is 4.79 Å². The van der Waals surface area contributed by atoms with Crippen LogP contribution in [0.1, 0.15) is 31.9 Å². The summed E-state index contributed by atoms with van der Waals surface area (Å²) in [4.78, 5) is 27.6. The van der Waals surface area contributed by atoms with Crippen LogP contribution < -0.4 is 10.6 Å². The summed E-state index contributed by atoms with van der Waals surface area (Å²) in [5.74, 6) is 0.642. The highest BCUT2D eigenvalue weighted by Gasteiger charge is 2.18. The summed E-state index contributed by atoms with van der Waals surface area (Å²) < 4.78 is 4.94. The number of aromatic nitrogens is 1. The molecule has 0 saturated heterocycles. The van der Waals surface area contributed by atoms with Crippen LogP contribution in [0.4, 0.5) is 16.3 Å². The van der Waals surface area contributed by atoms with Gasteiger partial charge >= 0.3 is 6.03 Å². The number of rotatable bonds is 9. The highest BCUT2D eigenvalue weighted by molar-refractivity contribution is 7.98. The molecule has 1 aromatic heterocycles. The number of amides is 3. The van der Waals surface area contributed by atoms with Gasteiger partial charge in [0.25, 0.3) is 0 Å². The Morgan fingerprint density at radius 1 is 1.19 bits per heavy atom. The van der Waals surface area contributed by atoms with E-state index in [0.717, 1.165) is 24.2 Å². The number of thioether (sulfide) groups is 1. The van der Waals surface area contributed by atoms with Crippen LogP contribution in [0.2, 0.25) is 0 Å². The summed E-state index contributed by atoms with van der Waals surface area (Å²) in [7, 11) is 0. The molecule has 0 fully saturated rings. The molecule has 2 rings (SSSR count). The summed E-state index contributed by atoms with van der Waals surface area (Å²) in [6.07, 6.45) is 4.87. The van der Waals surface area contributed by atoms with Crippen molar-refractivity contribution < 1.29 is 14.1 Å². The number of carbonyl (C=O) groups excluding carboxylic acids is 2. The number of benzene rings is 1. The van der Waals surface area contributed by atoms with Crippen LogP contribution in [0.15, 0.2) is 39.8 Å². The van der Waals surface area contributed by atoms with Crippen molar-refractivity contribution in [3.63, 3.8) is 0 Å². The molecule has 146 valence electrons. The lowest BCUT2D eigenvalue weighted by Crippen LogP contribution is -2.41. The monoisotopic (exact) mass is 390 g/mol. The average molecular weight is 391 g/mol. The zero-order valence-corrected chi connectivity index (χ0v) is 16.8. The second-order valence-electron chi connectivity index (χ2n) is 6.16. The van der Waals surface area contributed by atoms with Crippen molar-refractivity contribution in [1.29, 1.82) is 0 Å². The maximum absolute atomic E-state index is 12.6. The van der Waals surface area contributed by atoms with E-state index < -0.39 is 0 Å². The van der Waals surface area contributed by atoms with Crippen LogP contribution in [-0.2, 0) is 4.79 Å². The minimum Gasteiger partial charge on any atom is -0.360 e. The number of hydrogen-bond acceptors (Lipinski definition) is 5. The number of aryl methyl sites for hydroxylation is 1. The predicted molar refractivity (Wildman–Crippen MR) is 108 cm³/mol. The molecule has 1 aromatic carbocycles. The van der Waals surface area contributed by atoms with Crippen molar-refractivity contribution in [2.75, 3.05) is 30.0 Å². The number of unbranched alkanes of at least 4 members (excludes halogenated alkanes) is 2. The summed E-state index contributed by atoms with van der Waals surface area (Å²) in [6.45, 7) is 4.30. The van der Waals surface area contributed by atoms with E-state index >= 15 is 0 Å². The van der Waals surface area contributed by atoms with Gasteiger partial charge in [0.15, 0.2) is 5.82 Å². The lowest BCUT2D eigenvalue weighted by atomic mass is 10.2. The molecule has 0 bridgehead atoms. The quantitative estimate of drug-likeness (QED) is 0.490. The largest absolute Gasteiger partial charge is 0.360 e. The molecule has 7 nitrogen and oxygen atoms in total. The van der Waals surface area contributed by atoms with Crippen molar-refractivity contribution in [2.24, 2.45) is 0 Å². The van der Waals surface area contributed by atoms with Crippen molar-refractivity contribution in [3.05, 3.63) is 36.1 Å². The van der Waals surface area contributed by atoms with Gasteiger partial charge in [0.2, 0.25) is 5.91 Å². The Hall–Kier alpha value is -2.48. The van der Waals surface area contributed by atoms with Crippen LogP contribution in [0.5, 0.6) is 0 Å². The molecule has 0 aliphatic rings. The molecule has 3 amide bonds. The first-order valence-electron chi connectivity index (χ1n) is 8.95. The van der Waals surface area contributed by atoms with Gasteiger partial charge < -0.3 is 20.1 Å². The highest BCUT2D eigenvalue weighted by atomic mass is 32.2. The fraction of sp³-hybridized carbons (Fsp3) is 0.421. The first kappa shape index (κ1) is 20.8. The zero-order valence-electron chi connectivity index (χ0n) is 15.9. The zero-order chi connectivity index (χ0) is 19.6. The van der Waals surface area contributed by atoms with Gasteiger partial charge in [0, 0.05) is 23.2 Å². The van der Waals surface area contributed by atoms with E-state index in [0.29, 0.717) is 23.8 Å². The van der Waals surface area contributed by atoms with E-state index in [2.05, 4.69) is 22.7 Å². The Kier molecular flexibility index (Phi) is 8.19. The maximum atomic E-state index is 12.6. The summed E-state index contributed by atoms with van der Waals surface area (Å²) in [5.41, 5.74) is 0.700. The second kappa shape index (κ2) is 10.6. The fourth-order valence-electron chi connectivity index (χ4n) is 2.46. The topological polar surface area (TPSA) is 87.5 Å². The Morgan fingerprint density at radius 3 is 2.52 bits per heavy atom. The summed E-state index contributed by atoms with van der Waals surface area (Å²) >= 11 is 1.64. The SMILES string of the molecule is CCCCCN(CC(=O)Nc1cc(C)on1)C(=O)Nc1ccc(SC)cc1. The van der Waals surface area contributed by atoms with Crippen LogP contribution in [-0.4, -0.2) is 41.3 Å². The molecule has 0 aliphatic carbocycles. The number of nitrogens with zero attached hydrogens (tertiary/aromatic N) is 2. The molecule has 0 atom stereocenters. The molecule has 27 heavy (non-hydrogen) atoms. The Balaban J connectivity index is 1.97. The van der Waals surface area contributed by atoms with E-state index in [1.165, 1.54) is 4.90 Å². The van der Waals surface area contributed by atoms with E-state index in [9.17, 15) is 9.59 Å². The first-order valence-corrected chi connectivity index (χ1v) is 10.2. The van der Waals surface area contributed by atoms with Gasteiger partial charge in [-0.05, 0) is 43.9 Å². The number of hydrogen-bond donors (Lipinski definition) is 2. The molecule has 2 N–H and O–H groups in total. The molecular formula is C19H26N4O3S. The van der Waals surface area contributed by atoms with Gasteiger partial charge in [0.1, 0.15) is 12.3 Å². The normalized spacial score (nSPS) is 10.5. The number of nitrogens with one attached hydrogen (secondary N) is 2. The van der Waals surface area contributed by atoms with Crippen molar-refractivity contribution in [2.45, 2.75) is 38.0 Å².